The van der Waals surface area contributed by atoms with Crippen molar-refractivity contribution in [3.63, 3.8) is 0 Å². The van der Waals surface area contributed by atoms with Crippen molar-refractivity contribution in [1.29, 1.82) is 0 Å². The minimum atomic E-state index is -4.12. The molecule has 1 atom stereocenters. The van der Waals surface area contributed by atoms with Crippen molar-refractivity contribution in [3.05, 3.63) is 139 Å². The van der Waals surface area contributed by atoms with Crippen molar-refractivity contribution in [2.24, 2.45) is 5.41 Å². The first-order chi connectivity index (χ1) is 25.0. The Balaban J connectivity index is 1.52. The van der Waals surface area contributed by atoms with E-state index in [1.165, 1.54) is 28.8 Å². The largest absolute Gasteiger partial charge is 0.480 e. The number of anilines is 4. The zero-order valence-corrected chi connectivity index (χ0v) is 31.6. The highest BCUT2D eigenvalue weighted by molar-refractivity contribution is 7.89. The van der Waals surface area contributed by atoms with E-state index in [-0.39, 0.29) is 29.5 Å². The summed E-state index contributed by atoms with van der Waals surface area (Å²) in [4.78, 5) is 38.1. The van der Waals surface area contributed by atoms with Crippen LogP contribution in [0.2, 0.25) is 0 Å². The van der Waals surface area contributed by atoms with Gasteiger partial charge in [-0.3, -0.25) is 4.98 Å². The van der Waals surface area contributed by atoms with Crippen LogP contribution in [0, 0.1) is 5.41 Å². The molecule has 0 aliphatic heterocycles. The molecule has 1 N–H and O–H groups in total. The summed E-state index contributed by atoms with van der Waals surface area (Å²) in [5, 5.41) is 10.3. The number of nitrogens with zero attached hydrogens (tertiary/aromatic N) is 5. The van der Waals surface area contributed by atoms with Gasteiger partial charge in [0.2, 0.25) is 10.0 Å². The number of carbonyl (C=O) groups is 2. The molecule has 1 unspecified atom stereocenters. The third-order valence-corrected chi connectivity index (χ3v) is 9.91. The third-order valence-electron chi connectivity index (χ3n) is 8.13. The summed E-state index contributed by atoms with van der Waals surface area (Å²) in [5.74, 6) is -1.22. The zero-order chi connectivity index (χ0) is 38.4. The molecule has 0 spiro atoms. The topological polar surface area (TPSA) is 133 Å². The molecule has 0 radical (unpaired) electrons. The molecule has 53 heavy (non-hydrogen) atoms. The number of ether oxygens (including phenoxy) is 1. The average molecular weight is 736 g/mol. The number of benzene rings is 3. The fourth-order valence-electron chi connectivity index (χ4n) is 5.81. The maximum absolute atomic E-state index is 14.2. The first-order valence-electron chi connectivity index (χ1n) is 17.1. The summed E-state index contributed by atoms with van der Waals surface area (Å²) in [5.41, 5.74) is 1.99. The number of carboxylic acids is 1. The lowest BCUT2D eigenvalue weighted by atomic mass is 9.85. The molecule has 0 bridgehead atoms. The van der Waals surface area contributed by atoms with Crippen LogP contribution in [0.15, 0.2) is 133 Å². The Morgan fingerprint density at radius 1 is 0.736 bits per heavy atom. The van der Waals surface area contributed by atoms with Gasteiger partial charge in [0.1, 0.15) is 22.4 Å². The van der Waals surface area contributed by atoms with Gasteiger partial charge in [0.15, 0.2) is 0 Å². The lowest BCUT2D eigenvalue weighted by Gasteiger charge is -2.37. The van der Waals surface area contributed by atoms with Crippen LogP contribution in [-0.4, -0.2) is 51.5 Å². The molecule has 2 aromatic heterocycles. The maximum Gasteiger partial charge on any atom is 0.416 e. The molecule has 2 heterocycles. The van der Waals surface area contributed by atoms with Gasteiger partial charge in [-0.2, -0.15) is 4.31 Å². The van der Waals surface area contributed by atoms with E-state index in [0.717, 1.165) is 22.0 Å². The summed E-state index contributed by atoms with van der Waals surface area (Å²) in [6.45, 7) is 9.98. The van der Waals surface area contributed by atoms with Gasteiger partial charge in [0, 0.05) is 36.0 Å². The predicted molar refractivity (Wildman–Crippen MR) is 206 cm³/mol. The SMILES string of the molecule is CC(C)(C)OC(=O)N(c1cccc(CN(Cc2ccc(N(c3ccccc3)c3ccccc3)cc2)S(=O)(=O)c2cccnc2)n1)C(C(=O)O)C(C)(C)C. The van der Waals surface area contributed by atoms with E-state index in [0.29, 0.717) is 5.56 Å². The van der Waals surface area contributed by atoms with E-state index in [9.17, 15) is 23.1 Å². The fourth-order valence-corrected chi connectivity index (χ4v) is 7.17. The first kappa shape index (κ1) is 38.6. The fraction of sp³-hybridized carbons (Fsp3) is 0.268. The maximum atomic E-state index is 14.2. The number of carbonyl (C=O) groups excluding carboxylic acids is 1. The molecule has 5 aromatic rings. The highest BCUT2D eigenvalue weighted by Crippen LogP contribution is 2.35. The van der Waals surface area contributed by atoms with Crippen molar-refractivity contribution in [2.45, 2.75) is 71.2 Å². The number of pyridine rings is 2. The van der Waals surface area contributed by atoms with Crippen LogP contribution < -0.4 is 9.80 Å². The van der Waals surface area contributed by atoms with Gasteiger partial charge in [-0.1, -0.05) is 75.4 Å². The van der Waals surface area contributed by atoms with E-state index in [1.807, 2.05) is 84.9 Å². The molecule has 12 heteroatoms. The molecule has 0 aliphatic rings. The molecule has 276 valence electrons. The van der Waals surface area contributed by atoms with Crippen molar-refractivity contribution < 1.29 is 27.9 Å². The van der Waals surface area contributed by atoms with Gasteiger partial charge in [0.05, 0.1) is 12.2 Å². The van der Waals surface area contributed by atoms with Crippen LogP contribution >= 0.6 is 0 Å². The molecule has 0 saturated carbocycles. The van der Waals surface area contributed by atoms with Crippen molar-refractivity contribution in [3.8, 4) is 0 Å². The van der Waals surface area contributed by atoms with Crippen LogP contribution in [0.25, 0.3) is 0 Å². The Morgan fingerprint density at radius 3 is 1.83 bits per heavy atom. The molecular weight excluding hydrogens is 691 g/mol. The second kappa shape index (κ2) is 16.0. The van der Waals surface area contributed by atoms with Crippen molar-refractivity contribution in [1.82, 2.24) is 14.3 Å². The zero-order valence-electron chi connectivity index (χ0n) is 30.7. The molecule has 11 nitrogen and oxygen atoms in total. The van der Waals surface area contributed by atoms with Gasteiger partial charge >= 0.3 is 12.1 Å². The monoisotopic (exact) mass is 735 g/mol. The molecule has 1 amide bonds. The lowest BCUT2D eigenvalue weighted by Crippen LogP contribution is -2.54. The smallest absolute Gasteiger partial charge is 0.416 e. The highest BCUT2D eigenvalue weighted by atomic mass is 32.2. The van der Waals surface area contributed by atoms with Gasteiger partial charge in [-0.25, -0.2) is 27.9 Å². The molecule has 0 aliphatic carbocycles. The highest BCUT2D eigenvalue weighted by Gasteiger charge is 2.42. The van der Waals surface area contributed by atoms with Crippen molar-refractivity contribution >= 4 is 45.0 Å². The lowest BCUT2D eigenvalue weighted by molar-refractivity contribution is -0.141. The number of aromatic nitrogens is 2. The Labute approximate surface area is 311 Å². The van der Waals surface area contributed by atoms with E-state index in [4.69, 9.17) is 4.74 Å². The Morgan fingerprint density at radius 2 is 1.32 bits per heavy atom. The summed E-state index contributed by atoms with van der Waals surface area (Å²) in [6.07, 6.45) is 1.90. The predicted octanol–water partition coefficient (Wildman–Crippen LogP) is 8.58. The van der Waals surface area contributed by atoms with Gasteiger partial charge < -0.3 is 14.7 Å². The molecule has 0 saturated heterocycles. The minimum absolute atomic E-state index is 0.00107. The second-order valence-corrected chi connectivity index (χ2v) is 16.5. The molecule has 0 fully saturated rings. The quantitative estimate of drug-likeness (QED) is 0.134. The number of sulfonamides is 1. The Kier molecular flexibility index (Phi) is 11.6. The van der Waals surface area contributed by atoms with Gasteiger partial charge in [0.25, 0.3) is 0 Å². The normalized spacial score (nSPS) is 12.6. The van der Waals surface area contributed by atoms with Gasteiger partial charge in [-0.05, 0) is 92.4 Å². The number of para-hydroxylation sites is 2. The van der Waals surface area contributed by atoms with E-state index in [1.54, 1.807) is 59.7 Å². The standard InChI is InChI=1S/C41H45N5O6S/c1-40(2,3)37(38(47)48)46(39(49)52-41(4,5)6)36-21-13-15-31(43-36)29-44(53(50,51)35-20-14-26-42-27-35)28-30-22-24-34(25-23-30)45(32-16-9-7-10-17-32)33-18-11-8-12-19-33/h7-27,37H,28-29H2,1-6H3,(H,47,48). The third kappa shape index (κ3) is 9.65. The van der Waals surface area contributed by atoms with E-state index >= 15 is 0 Å². The van der Waals surface area contributed by atoms with E-state index in [2.05, 4.69) is 14.9 Å². The van der Waals surface area contributed by atoms with Crippen LogP contribution in [0.3, 0.4) is 0 Å². The summed E-state index contributed by atoms with van der Waals surface area (Å²) >= 11 is 0. The van der Waals surface area contributed by atoms with Gasteiger partial charge in [-0.15, -0.1) is 0 Å². The summed E-state index contributed by atoms with van der Waals surface area (Å²) in [6, 6.07) is 34.0. The number of rotatable bonds is 12. The molecule has 5 rings (SSSR count). The van der Waals surface area contributed by atoms with Crippen LogP contribution in [-0.2, 0) is 32.6 Å². The minimum Gasteiger partial charge on any atom is -0.480 e. The first-order valence-corrected chi connectivity index (χ1v) is 18.6. The summed E-state index contributed by atoms with van der Waals surface area (Å²) < 4.78 is 35.3. The van der Waals surface area contributed by atoms with Crippen molar-refractivity contribution in [2.75, 3.05) is 9.80 Å². The average Bonchev–Trinajstić information content (AvgIpc) is 3.11. The van der Waals surface area contributed by atoms with E-state index < -0.39 is 39.1 Å². The number of amides is 1. The number of carboxylic acid groups (broad SMARTS) is 1. The van der Waals surface area contributed by atoms with Crippen LogP contribution in [0.5, 0.6) is 0 Å². The van der Waals surface area contributed by atoms with Crippen LogP contribution in [0.4, 0.5) is 27.7 Å². The Bertz CT molecular complexity index is 2060. The summed E-state index contributed by atoms with van der Waals surface area (Å²) in [7, 11) is -4.12. The molecular formula is C41H45N5O6S. The number of aliphatic carboxylic acids is 1. The van der Waals surface area contributed by atoms with Crippen LogP contribution in [0.1, 0.15) is 52.8 Å². The second-order valence-electron chi connectivity index (χ2n) is 14.6. The Hall–Kier alpha value is -5.59. The molecule has 3 aromatic carbocycles. The number of hydrogen-bond donors (Lipinski definition) is 1. The number of hydrogen-bond acceptors (Lipinski definition) is 8.